The normalized spacial score (nSPS) is 21.5. The third-order valence-corrected chi connectivity index (χ3v) is 8.98. The number of amides is 1. The van der Waals surface area contributed by atoms with Gasteiger partial charge in [0.15, 0.2) is 5.78 Å². The summed E-state index contributed by atoms with van der Waals surface area (Å²) in [6.45, 7) is 0.684. The third kappa shape index (κ3) is 3.90. The Balaban J connectivity index is 1.48. The number of para-hydroxylation sites is 1. The molecule has 6 rings (SSSR count). The minimum atomic E-state index is -1.21. The maximum absolute atomic E-state index is 13.9. The van der Waals surface area contributed by atoms with E-state index in [2.05, 4.69) is 0 Å². The molecule has 0 saturated carbocycles. The van der Waals surface area contributed by atoms with Gasteiger partial charge >= 0.3 is 0 Å². The molecule has 0 bridgehead atoms. The van der Waals surface area contributed by atoms with Crippen LogP contribution in [0.1, 0.15) is 41.1 Å². The summed E-state index contributed by atoms with van der Waals surface area (Å²) in [6.07, 6.45) is 1.77. The Morgan fingerprint density at radius 1 is 1.05 bits per heavy atom. The van der Waals surface area contributed by atoms with Crippen molar-refractivity contribution in [1.29, 1.82) is 0 Å². The molecular formula is C29H24ClN3O3S2. The van der Waals surface area contributed by atoms with Crippen LogP contribution >= 0.6 is 35.8 Å². The Kier molecular flexibility index (Phi) is 6.42. The second-order valence-electron chi connectivity index (χ2n) is 9.54. The van der Waals surface area contributed by atoms with Crippen LogP contribution in [0, 0.1) is 0 Å². The van der Waals surface area contributed by atoms with E-state index in [9.17, 15) is 14.7 Å². The summed E-state index contributed by atoms with van der Waals surface area (Å²) in [4.78, 5) is 34.7. The van der Waals surface area contributed by atoms with Crippen LogP contribution in [0.4, 0.5) is 11.5 Å². The predicted molar refractivity (Wildman–Crippen MR) is 152 cm³/mol. The molecule has 2 unspecified atom stereocenters. The Bertz CT molecular complexity index is 1540. The number of Topliss-reactive ketones (excluding diaryl/α,β-unsaturated/α-hetero) is 1. The van der Waals surface area contributed by atoms with Crippen LogP contribution in [0.25, 0.3) is 0 Å². The van der Waals surface area contributed by atoms with Crippen molar-refractivity contribution >= 4 is 58.9 Å². The molecule has 38 heavy (non-hydrogen) atoms. The smallest absolute Gasteiger partial charge is 0.248 e. The number of carbonyl (C=O) groups excluding carboxylic acids is 2. The summed E-state index contributed by atoms with van der Waals surface area (Å²) in [7, 11) is 0. The number of benzene rings is 2. The van der Waals surface area contributed by atoms with E-state index in [1.165, 1.54) is 15.6 Å². The quantitative estimate of drug-likeness (QED) is 0.227. The lowest BCUT2D eigenvalue weighted by atomic mass is 9.74. The SMILES string of the molecule is O=C1CC(c2ccsc2)(c2cccc(N3CCCc4cccc(O)c43)n2)N(S)C(=O)C1c1ccccc1Cl. The number of aromatic hydroxyl groups is 1. The fourth-order valence-corrected chi connectivity index (χ4v) is 7.00. The zero-order valence-electron chi connectivity index (χ0n) is 20.3. The highest BCUT2D eigenvalue weighted by Crippen LogP contribution is 2.48. The van der Waals surface area contributed by atoms with Gasteiger partial charge in [-0.05, 0) is 70.6 Å². The largest absolute Gasteiger partial charge is 0.506 e. The molecule has 1 fully saturated rings. The highest BCUT2D eigenvalue weighted by molar-refractivity contribution is 7.78. The second kappa shape index (κ2) is 9.76. The van der Waals surface area contributed by atoms with E-state index < -0.39 is 17.4 Å². The molecule has 2 aromatic heterocycles. The van der Waals surface area contributed by atoms with Gasteiger partial charge in [-0.25, -0.2) is 4.98 Å². The van der Waals surface area contributed by atoms with E-state index >= 15 is 0 Å². The Morgan fingerprint density at radius 2 is 1.87 bits per heavy atom. The highest BCUT2D eigenvalue weighted by atomic mass is 35.5. The van der Waals surface area contributed by atoms with Crippen molar-refractivity contribution in [3.63, 3.8) is 0 Å². The summed E-state index contributed by atoms with van der Waals surface area (Å²) in [5.41, 5.74) is 2.36. The Labute approximate surface area is 235 Å². The number of thiophene rings is 1. The molecule has 2 aliphatic rings. The topological polar surface area (TPSA) is 73.7 Å². The Hall–Kier alpha value is -3.33. The van der Waals surface area contributed by atoms with Gasteiger partial charge in [0.25, 0.3) is 0 Å². The van der Waals surface area contributed by atoms with Gasteiger partial charge in [0, 0.05) is 18.0 Å². The number of pyridine rings is 1. The van der Waals surface area contributed by atoms with E-state index in [1.54, 1.807) is 30.3 Å². The van der Waals surface area contributed by atoms with Crippen LogP contribution in [-0.4, -0.2) is 32.6 Å². The maximum atomic E-state index is 13.9. The number of thiol groups is 1. The molecule has 2 atom stereocenters. The number of anilines is 2. The van der Waals surface area contributed by atoms with Crippen molar-refractivity contribution in [2.45, 2.75) is 30.7 Å². The molecule has 2 aliphatic heterocycles. The average Bonchev–Trinajstić information content (AvgIpc) is 3.47. The fourth-order valence-electron chi connectivity index (χ4n) is 5.63. The number of aryl methyl sites for hydroxylation is 1. The van der Waals surface area contributed by atoms with Gasteiger partial charge in [0.1, 0.15) is 23.0 Å². The molecule has 9 heteroatoms. The summed E-state index contributed by atoms with van der Waals surface area (Å²) in [5.74, 6) is -0.898. The molecule has 1 saturated heterocycles. The number of hydrogen-bond acceptors (Lipinski definition) is 7. The number of nitrogens with zero attached hydrogens (tertiary/aromatic N) is 3. The lowest BCUT2D eigenvalue weighted by Crippen LogP contribution is -2.54. The van der Waals surface area contributed by atoms with Gasteiger partial charge < -0.3 is 10.0 Å². The number of rotatable bonds is 4. The molecule has 0 spiro atoms. The van der Waals surface area contributed by atoms with Crippen molar-refractivity contribution in [2.75, 3.05) is 11.4 Å². The zero-order valence-corrected chi connectivity index (χ0v) is 22.7. The molecule has 0 aliphatic carbocycles. The molecule has 6 nitrogen and oxygen atoms in total. The van der Waals surface area contributed by atoms with Crippen molar-refractivity contribution in [1.82, 2.24) is 9.29 Å². The zero-order chi connectivity index (χ0) is 26.4. The predicted octanol–water partition coefficient (Wildman–Crippen LogP) is 6.26. The van der Waals surface area contributed by atoms with Gasteiger partial charge in [-0.3, -0.25) is 13.9 Å². The van der Waals surface area contributed by atoms with Crippen LogP contribution in [-0.2, 0) is 21.5 Å². The van der Waals surface area contributed by atoms with Gasteiger partial charge in [-0.1, -0.05) is 60.8 Å². The molecule has 1 N–H and O–H groups in total. The van der Waals surface area contributed by atoms with Gasteiger partial charge in [0.2, 0.25) is 5.91 Å². The standard InChI is InChI=1S/C29H24ClN3O3S2/c30-21-9-2-1-8-20(21)26-23(35)16-29(33(37)28(26)36,19-13-15-38-17-19)24-11-4-12-25(31-24)32-14-5-7-18-6-3-10-22(34)27(18)32/h1-4,6,8-13,15,17,26,34,37H,5,7,14,16H2. The van der Waals surface area contributed by atoms with Crippen LogP contribution in [0.5, 0.6) is 5.75 Å². The molecule has 4 heterocycles. The number of aromatic nitrogens is 1. The first kappa shape index (κ1) is 25.0. The number of halogens is 1. The van der Waals surface area contributed by atoms with Crippen LogP contribution in [0.3, 0.4) is 0 Å². The van der Waals surface area contributed by atoms with Crippen LogP contribution in [0.2, 0.25) is 5.02 Å². The number of ketones is 1. The van der Waals surface area contributed by atoms with E-state index in [0.29, 0.717) is 28.6 Å². The number of phenols is 1. The Morgan fingerprint density at radius 3 is 2.66 bits per heavy atom. The van der Waals surface area contributed by atoms with E-state index in [0.717, 1.165) is 29.7 Å². The second-order valence-corrected chi connectivity index (χ2v) is 11.1. The number of phenolic OH excluding ortho intramolecular Hbond substituents is 1. The highest BCUT2D eigenvalue weighted by Gasteiger charge is 2.54. The number of piperidine rings is 1. The van der Waals surface area contributed by atoms with E-state index in [4.69, 9.17) is 29.4 Å². The van der Waals surface area contributed by atoms with Crippen molar-refractivity contribution < 1.29 is 14.7 Å². The minimum absolute atomic E-state index is 0.00679. The first-order valence-electron chi connectivity index (χ1n) is 12.3. The van der Waals surface area contributed by atoms with Crippen molar-refractivity contribution in [3.05, 3.63) is 105 Å². The number of hydrogen-bond donors (Lipinski definition) is 2. The third-order valence-electron chi connectivity index (χ3n) is 7.41. The molecule has 2 aromatic carbocycles. The molecular weight excluding hydrogens is 538 g/mol. The van der Waals surface area contributed by atoms with Gasteiger partial charge in [-0.2, -0.15) is 11.3 Å². The first-order valence-corrected chi connectivity index (χ1v) is 14.0. The van der Waals surface area contributed by atoms with Crippen LogP contribution in [0.15, 0.2) is 77.5 Å². The average molecular weight is 562 g/mol. The molecule has 1 amide bonds. The minimum Gasteiger partial charge on any atom is -0.506 e. The van der Waals surface area contributed by atoms with E-state index in [-0.39, 0.29) is 18.0 Å². The lowest BCUT2D eigenvalue weighted by Gasteiger charge is -2.45. The molecule has 4 aromatic rings. The first-order chi connectivity index (χ1) is 18.4. The summed E-state index contributed by atoms with van der Waals surface area (Å²) in [5, 5.41) is 14.9. The fraction of sp³-hybridized carbons (Fsp3) is 0.207. The lowest BCUT2D eigenvalue weighted by molar-refractivity contribution is -0.142. The maximum Gasteiger partial charge on any atom is 0.248 e. The number of carbonyl (C=O) groups is 2. The van der Waals surface area contributed by atoms with Gasteiger partial charge in [-0.15, -0.1) is 0 Å². The van der Waals surface area contributed by atoms with Crippen LogP contribution < -0.4 is 4.90 Å². The van der Waals surface area contributed by atoms with E-state index in [1.807, 2.05) is 52.1 Å². The molecule has 192 valence electrons. The number of fused-ring (bicyclic) bond motifs is 1. The van der Waals surface area contributed by atoms with Crippen molar-refractivity contribution in [2.24, 2.45) is 0 Å². The van der Waals surface area contributed by atoms with Gasteiger partial charge in [0.05, 0.1) is 11.4 Å². The summed E-state index contributed by atoms with van der Waals surface area (Å²) in [6, 6.07) is 19.9. The summed E-state index contributed by atoms with van der Waals surface area (Å²) < 4.78 is 1.36. The molecule has 0 radical (unpaired) electrons. The monoisotopic (exact) mass is 561 g/mol. The van der Waals surface area contributed by atoms with Crippen molar-refractivity contribution in [3.8, 4) is 5.75 Å². The summed E-state index contributed by atoms with van der Waals surface area (Å²) >= 11 is 12.6.